The van der Waals surface area contributed by atoms with Crippen LogP contribution in [0, 0.1) is 15.9 Å². The average molecular weight is 410 g/mol. The minimum Gasteiger partial charge on any atom is -0.452 e. The second kappa shape index (κ2) is 9.88. The number of nitro groups is 1. The second-order valence-corrected chi connectivity index (χ2v) is 5.36. The molecule has 2 aromatic rings. The van der Waals surface area contributed by atoms with Gasteiger partial charge in [-0.3, -0.25) is 14.9 Å². The lowest BCUT2D eigenvalue weighted by Crippen LogP contribution is -2.20. The number of nitrogens with one attached hydrogen (secondary N) is 1. The van der Waals surface area contributed by atoms with E-state index in [1.807, 2.05) is 0 Å². The molecular formula is C18H13F3N2O6. The molecule has 0 aromatic heterocycles. The smallest absolute Gasteiger partial charge is 0.387 e. The van der Waals surface area contributed by atoms with Crippen molar-refractivity contribution in [1.82, 2.24) is 0 Å². The van der Waals surface area contributed by atoms with Crippen molar-refractivity contribution >= 4 is 29.3 Å². The number of anilines is 1. The Balaban J connectivity index is 1.86. The Kier molecular flexibility index (Phi) is 7.29. The first kappa shape index (κ1) is 21.4. The summed E-state index contributed by atoms with van der Waals surface area (Å²) < 4.78 is 46.1. The van der Waals surface area contributed by atoms with Crippen LogP contribution in [0.2, 0.25) is 0 Å². The maximum Gasteiger partial charge on any atom is 0.387 e. The molecule has 0 atom stereocenters. The average Bonchev–Trinajstić information content (AvgIpc) is 2.66. The number of nitrogens with zero attached hydrogens (tertiary/aromatic N) is 1. The Morgan fingerprint density at radius 1 is 1.17 bits per heavy atom. The molecule has 0 heterocycles. The summed E-state index contributed by atoms with van der Waals surface area (Å²) in [6.45, 7) is -3.69. The van der Waals surface area contributed by atoms with E-state index < -0.39 is 41.5 Å². The number of benzene rings is 2. The molecule has 2 rings (SSSR count). The fourth-order valence-corrected chi connectivity index (χ4v) is 2.06. The van der Waals surface area contributed by atoms with Crippen LogP contribution in [-0.2, 0) is 14.3 Å². The molecule has 0 bridgehead atoms. The number of carbonyl (C=O) groups is 2. The molecular weight excluding hydrogens is 397 g/mol. The Labute approximate surface area is 161 Å². The number of rotatable bonds is 8. The highest BCUT2D eigenvalue weighted by Gasteiger charge is 2.17. The first-order valence-corrected chi connectivity index (χ1v) is 7.88. The maximum absolute atomic E-state index is 13.1. The van der Waals surface area contributed by atoms with Gasteiger partial charge in [-0.25, -0.2) is 9.18 Å². The number of carbonyl (C=O) groups excluding carboxylic acids is 2. The van der Waals surface area contributed by atoms with Crippen LogP contribution in [0.15, 0.2) is 48.5 Å². The fraction of sp³-hybridized carbons (Fsp3) is 0.111. The summed E-state index contributed by atoms with van der Waals surface area (Å²) in [5.74, 6) is -2.65. The lowest BCUT2D eigenvalue weighted by molar-refractivity contribution is -0.384. The number of halogens is 3. The van der Waals surface area contributed by atoms with E-state index in [1.165, 1.54) is 30.3 Å². The molecule has 0 radical (unpaired) electrons. The minimum absolute atomic E-state index is 0.0497. The number of alkyl halides is 2. The van der Waals surface area contributed by atoms with Crippen molar-refractivity contribution < 1.29 is 37.2 Å². The summed E-state index contributed by atoms with van der Waals surface area (Å²) in [6, 6.07) is 7.97. The SMILES string of the molecule is O=C(COC(=O)/C=C/c1ccc(OC(F)F)cc1)Nc1ccc(F)cc1[N+](=O)[O-]. The molecule has 0 fully saturated rings. The zero-order valence-electron chi connectivity index (χ0n) is 14.5. The predicted molar refractivity (Wildman–Crippen MR) is 94.8 cm³/mol. The Hall–Kier alpha value is -3.89. The van der Waals surface area contributed by atoms with Crippen LogP contribution >= 0.6 is 0 Å². The molecule has 1 amide bonds. The molecule has 0 aliphatic heterocycles. The van der Waals surface area contributed by atoms with Crippen LogP contribution in [0.1, 0.15) is 5.56 Å². The zero-order valence-corrected chi connectivity index (χ0v) is 14.5. The lowest BCUT2D eigenvalue weighted by Gasteiger charge is -2.06. The highest BCUT2D eigenvalue weighted by molar-refractivity contribution is 5.96. The summed E-state index contributed by atoms with van der Waals surface area (Å²) in [7, 11) is 0. The van der Waals surface area contributed by atoms with Gasteiger partial charge < -0.3 is 14.8 Å². The van der Waals surface area contributed by atoms with Crippen molar-refractivity contribution in [3.63, 3.8) is 0 Å². The monoisotopic (exact) mass is 410 g/mol. The first-order valence-electron chi connectivity index (χ1n) is 7.88. The number of nitro benzene ring substituents is 1. The number of ether oxygens (including phenoxy) is 2. The van der Waals surface area contributed by atoms with Crippen LogP contribution in [0.3, 0.4) is 0 Å². The van der Waals surface area contributed by atoms with Gasteiger partial charge in [0.1, 0.15) is 17.3 Å². The van der Waals surface area contributed by atoms with Crippen molar-refractivity contribution in [3.8, 4) is 5.75 Å². The third-order valence-corrected chi connectivity index (χ3v) is 3.29. The minimum atomic E-state index is -2.95. The summed E-state index contributed by atoms with van der Waals surface area (Å²) in [5.41, 5.74) is -0.419. The third kappa shape index (κ3) is 6.97. The van der Waals surface area contributed by atoms with Crippen LogP contribution < -0.4 is 10.1 Å². The topological polar surface area (TPSA) is 108 Å². The van der Waals surface area contributed by atoms with Crippen molar-refractivity contribution in [2.45, 2.75) is 6.61 Å². The number of hydrogen-bond donors (Lipinski definition) is 1. The molecule has 1 N–H and O–H groups in total. The van der Waals surface area contributed by atoms with Gasteiger partial charge in [-0.2, -0.15) is 8.78 Å². The Bertz CT molecular complexity index is 932. The van der Waals surface area contributed by atoms with Crippen molar-refractivity contribution in [3.05, 3.63) is 70.0 Å². The quantitative estimate of drug-likeness (QED) is 0.309. The molecule has 0 saturated carbocycles. The van der Waals surface area contributed by atoms with Gasteiger partial charge in [-0.1, -0.05) is 12.1 Å². The molecule has 2 aromatic carbocycles. The van der Waals surface area contributed by atoms with Gasteiger partial charge in [0.05, 0.1) is 11.0 Å². The van der Waals surface area contributed by atoms with Crippen LogP contribution in [-0.4, -0.2) is 30.0 Å². The predicted octanol–water partition coefficient (Wildman–Crippen LogP) is 3.53. The van der Waals surface area contributed by atoms with Crippen LogP contribution in [0.25, 0.3) is 6.08 Å². The van der Waals surface area contributed by atoms with E-state index in [4.69, 9.17) is 4.74 Å². The van der Waals surface area contributed by atoms with E-state index in [2.05, 4.69) is 10.1 Å². The summed E-state index contributed by atoms with van der Waals surface area (Å²) in [4.78, 5) is 33.4. The van der Waals surface area contributed by atoms with Crippen LogP contribution in [0.5, 0.6) is 5.75 Å². The summed E-state index contributed by atoms with van der Waals surface area (Å²) in [6.07, 6.45) is 2.31. The van der Waals surface area contributed by atoms with E-state index in [-0.39, 0.29) is 11.4 Å². The van der Waals surface area contributed by atoms with Gasteiger partial charge in [0.2, 0.25) is 0 Å². The van der Waals surface area contributed by atoms with Crippen molar-refractivity contribution in [2.75, 3.05) is 11.9 Å². The van der Waals surface area contributed by atoms with Crippen molar-refractivity contribution in [2.24, 2.45) is 0 Å². The van der Waals surface area contributed by atoms with Gasteiger partial charge in [0.15, 0.2) is 6.61 Å². The van der Waals surface area contributed by atoms with Crippen LogP contribution in [0.4, 0.5) is 24.5 Å². The maximum atomic E-state index is 13.1. The molecule has 29 heavy (non-hydrogen) atoms. The molecule has 0 unspecified atom stereocenters. The van der Waals surface area contributed by atoms with E-state index in [1.54, 1.807) is 0 Å². The highest BCUT2D eigenvalue weighted by atomic mass is 19.3. The van der Waals surface area contributed by atoms with Gasteiger partial charge in [-0.15, -0.1) is 0 Å². The lowest BCUT2D eigenvalue weighted by atomic mass is 10.2. The Morgan fingerprint density at radius 2 is 1.86 bits per heavy atom. The van der Waals surface area contributed by atoms with E-state index in [0.29, 0.717) is 11.6 Å². The normalized spacial score (nSPS) is 10.8. The molecule has 11 heteroatoms. The number of hydrogen-bond acceptors (Lipinski definition) is 6. The molecule has 0 aliphatic rings. The highest BCUT2D eigenvalue weighted by Crippen LogP contribution is 2.24. The molecule has 0 aliphatic carbocycles. The summed E-state index contributed by atoms with van der Waals surface area (Å²) in [5, 5.41) is 13.0. The van der Waals surface area contributed by atoms with Gasteiger partial charge >= 0.3 is 12.6 Å². The first-order chi connectivity index (χ1) is 13.7. The standard InChI is InChI=1S/C18H13F3N2O6/c19-12-4-7-14(15(9-12)23(26)27)22-16(24)10-28-17(25)8-3-11-1-5-13(6-2-11)29-18(20)21/h1-9,18H,10H2,(H,22,24)/b8-3+. The van der Waals surface area contributed by atoms with Gasteiger partial charge in [0.25, 0.3) is 11.6 Å². The molecule has 8 nitrogen and oxygen atoms in total. The van der Waals surface area contributed by atoms with E-state index in [0.717, 1.165) is 18.2 Å². The number of esters is 1. The second-order valence-electron chi connectivity index (χ2n) is 5.36. The Morgan fingerprint density at radius 3 is 2.48 bits per heavy atom. The van der Waals surface area contributed by atoms with Crippen molar-refractivity contribution in [1.29, 1.82) is 0 Å². The third-order valence-electron chi connectivity index (χ3n) is 3.29. The van der Waals surface area contributed by atoms with E-state index >= 15 is 0 Å². The molecule has 0 spiro atoms. The van der Waals surface area contributed by atoms with Gasteiger partial charge in [0, 0.05) is 6.08 Å². The van der Waals surface area contributed by atoms with Gasteiger partial charge in [-0.05, 0) is 35.9 Å². The van der Waals surface area contributed by atoms with E-state index in [9.17, 15) is 32.9 Å². The summed E-state index contributed by atoms with van der Waals surface area (Å²) >= 11 is 0. The largest absolute Gasteiger partial charge is 0.452 e. The molecule has 152 valence electrons. The zero-order chi connectivity index (χ0) is 21.4. The molecule has 0 saturated heterocycles. The fourth-order valence-electron chi connectivity index (χ4n) is 2.06. The number of amides is 1.